The molecule has 31 heavy (non-hydrogen) atoms. The molecule has 162 valence electrons. The van der Waals surface area contributed by atoms with Crippen LogP contribution in [0.25, 0.3) is 5.82 Å². The highest BCUT2D eigenvalue weighted by molar-refractivity contribution is 6.00. The normalized spacial score (nSPS) is 14.5. The van der Waals surface area contributed by atoms with Crippen molar-refractivity contribution in [2.45, 2.75) is 19.8 Å². The molecule has 0 saturated carbocycles. The third-order valence-corrected chi connectivity index (χ3v) is 5.16. The quantitative estimate of drug-likeness (QED) is 0.570. The molecule has 3 aromatic rings. The average molecular weight is 425 g/mol. The number of anilines is 2. The minimum atomic E-state index is -0.506. The van der Waals surface area contributed by atoms with Crippen molar-refractivity contribution in [3.05, 3.63) is 36.5 Å². The van der Waals surface area contributed by atoms with Gasteiger partial charge in [-0.05, 0) is 31.9 Å². The molecule has 0 radical (unpaired) electrons. The van der Waals surface area contributed by atoms with Crippen molar-refractivity contribution in [1.82, 2.24) is 34.7 Å². The number of piperidine rings is 1. The molecular weight excluding hydrogens is 402 g/mol. The van der Waals surface area contributed by atoms with Crippen LogP contribution in [0.15, 0.2) is 31.0 Å². The molecule has 1 aliphatic rings. The van der Waals surface area contributed by atoms with Gasteiger partial charge in [-0.1, -0.05) is 0 Å². The fourth-order valence-corrected chi connectivity index (χ4v) is 3.47. The number of carbonyl (C=O) groups is 2. The second-order valence-electron chi connectivity index (χ2n) is 7.09. The third-order valence-electron chi connectivity index (χ3n) is 5.16. The van der Waals surface area contributed by atoms with Gasteiger partial charge < -0.3 is 15.0 Å². The first-order chi connectivity index (χ1) is 15.1. The van der Waals surface area contributed by atoms with Gasteiger partial charge in [0.25, 0.3) is 0 Å². The van der Waals surface area contributed by atoms with Crippen LogP contribution in [-0.2, 0) is 16.6 Å². The Hall–Kier alpha value is -3.83. The molecule has 0 atom stereocenters. The summed E-state index contributed by atoms with van der Waals surface area (Å²) in [5.74, 6) is 0.863. The molecule has 1 aliphatic heterocycles. The number of ether oxygens (including phenoxy) is 1. The highest BCUT2D eigenvalue weighted by Gasteiger charge is 2.28. The van der Waals surface area contributed by atoms with Gasteiger partial charge in [0.05, 0.1) is 12.8 Å². The van der Waals surface area contributed by atoms with E-state index in [2.05, 4.69) is 35.6 Å². The van der Waals surface area contributed by atoms with E-state index in [4.69, 9.17) is 4.74 Å². The Kier molecular flexibility index (Phi) is 5.87. The number of hydrogen-bond donors (Lipinski definition) is 1. The Morgan fingerprint density at radius 1 is 1.16 bits per heavy atom. The van der Waals surface area contributed by atoms with Crippen molar-refractivity contribution in [1.29, 1.82) is 0 Å². The number of aromatic nitrogens is 7. The lowest BCUT2D eigenvalue weighted by Gasteiger charge is -2.31. The second-order valence-corrected chi connectivity index (χ2v) is 7.09. The zero-order valence-corrected chi connectivity index (χ0v) is 17.3. The Labute approximate surface area is 178 Å². The number of rotatable bonds is 6. The van der Waals surface area contributed by atoms with E-state index in [1.807, 2.05) is 12.1 Å². The highest BCUT2D eigenvalue weighted by atomic mass is 16.5. The summed E-state index contributed by atoms with van der Waals surface area (Å²) in [4.78, 5) is 30.9. The Bertz CT molecular complexity index is 1040. The number of hydrogen-bond acceptors (Lipinski definition) is 9. The third kappa shape index (κ3) is 4.37. The summed E-state index contributed by atoms with van der Waals surface area (Å²) in [6.45, 7) is 3.33. The zero-order chi connectivity index (χ0) is 21.8. The van der Waals surface area contributed by atoms with E-state index in [1.54, 1.807) is 20.3 Å². The monoisotopic (exact) mass is 425 g/mol. The van der Waals surface area contributed by atoms with Gasteiger partial charge in [0.15, 0.2) is 11.6 Å². The van der Waals surface area contributed by atoms with Crippen LogP contribution in [0.1, 0.15) is 30.1 Å². The molecule has 1 fully saturated rings. The molecule has 3 aromatic heterocycles. The van der Waals surface area contributed by atoms with E-state index in [0.29, 0.717) is 37.6 Å². The van der Waals surface area contributed by atoms with Gasteiger partial charge in [0, 0.05) is 26.1 Å². The van der Waals surface area contributed by atoms with Crippen LogP contribution in [0.2, 0.25) is 0 Å². The standard InChI is InChI=1S/C19H23N9O3/c1-3-31-19(30)14-10-21-26(2)17(14)23-18(29)13-6-8-27(9-7-13)15-4-5-16(25-24-15)28-12-20-11-22-28/h4-5,10-13H,3,6-9H2,1-2H3,(H,23,29). The molecule has 0 unspecified atom stereocenters. The first-order valence-electron chi connectivity index (χ1n) is 10.0. The first-order valence-corrected chi connectivity index (χ1v) is 10.0. The van der Waals surface area contributed by atoms with Crippen molar-refractivity contribution in [3.63, 3.8) is 0 Å². The number of amides is 1. The molecule has 4 rings (SSSR count). The Balaban J connectivity index is 1.35. The van der Waals surface area contributed by atoms with Gasteiger partial charge in [0.1, 0.15) is 24.0 Å². The molecular formula is C19H23N9O3. The summed E-state index contributed by atoms with van der Waals surface area (Å²) in [7, 11) is 1.67. The molecule has 1 N–H and O–H groups in total. The summed E-state index contributed by atoms with van der Waals surface area (Å²) >= 11 is 0. The van der Waals surface area contributed by atoms with Crippen LogP contribution in [0, 0.1) is 5.92 Å². The topological polar surface area (TPSA) is 133 Å². The summed E-state index contributed by atoms with van der Waals surface area (Å²) in [5.41, 5.74) is 0.248. The summed E-state index contributed by atoms with van der Waals surface area (Å²) in [5, 5.41) is 19.4. The minimum Gasteiger partial charge on any atom is -0.462 e. The fourth-order valence-electron chi connectivity index (χ4n) is 3.47. The lowest BCUT2D eigenvalue weighted by Crippen LogP contribution is -2.39. The number of nitrogens with one attached hydrogen (secondary N) is 1. The Morgan fingerprint density at radius 3 is 2.55 bits per heavy atom. The van der Waals surface area contributed by atoms with Crippen molar-refractivity contribution in [3.8, 4) is 5.82 Å². The van der Waals surface area contributed by atoms with E-state index in [9.17, 15) is 9.59 Å². The molecule has 0 aliphatic carbocycles. The fraction of sp³-hybridized carbons (Fsp3) is 0.421. The number of aryl methyl sites for hydroxylation is 1. The van der Waals surface area contributed by atoms with Gasteiger partial charge in [-0.3, -0.25) is 9.48 Å². The summed E-state index contributed by atoms with van der Waals surface area (Å²) in [6.07, 6.45) is 5.71. The number of carbonyl (C=O) groups excluding carboxylic acids is 2. The van der Waals surface area contributed by atoms with Crippen LogP contribution in [-0.4, -0.2) is 66.3 Å². The minimum absolute atomic E-state index is 0.138. The van der Waals surface area contributed by atoms with Crippen LogP contribution < -0.4 is 10.2 Å². The lowest BCUT2D eigenvalue weighted by molar-refractivity contribution is -0.120. The highest BCUT2D eigenvalue weighted by Crippen LogP contribution is 2.24. The lowest BCUT2D eigenvalue weighted by atomic mass is 9.96. The van der Waals surface area contributed by atoms with Crippen molar-refractivity contribution < 1.29 is 14.3 Å². The largest absolute Gasteiger partial charge is 0.462 e. The van der Waals surface area contributed by atoms with Crippen molar-refractivity contribution in [2.75, 3.05) is 29.9 Å². The van der Waals surface area contributed by atoms with Gasteiger partial charge >= 0.3 is 5.97 Å². The van der Waals surface area contributed by atoms with E-state index in [1.165, 1.54) is 21.9 Å². The predicted octanol–water partition coefficient (Wildman–Crippen LogP) is 0.823. The predicted molar refractivity (Wildman–Crippen MR) is 110 cm³/mol. The van der Waals surface area contributed by atoms with E-state index < -0.39 is 5.97 Å². The molecule has 1 saturated heterocycles. The van der Waals surface area contributed by atoms with Gasteiger partial charge in [-0.15, -0.1) is 10.2 Å². The summed E-state index contributed by atoms with van der Waals surface area (Å²) < 4.78 is 8.03. The van der Waals surface area contributed by atoms with Crippen LogP contribution in [0.3, 0.4) is 0 Å². The van der Waals surface area contributed by atoms with Crippen LogP contribution >= 0.6 is 0 Å². The SMILES string of the molecule is CCOC(=O)c1cnn(C)c1NC(=O)C1CCN(c2ccc(-n3cncn3)nn2)CC1. The van der Waals surface area contributed by atoms with E-state index in [-0.39, 0.29) is 24.0 Å². The average Bonchev–Trinajstić information content (AvgIpc) is 3.45. The molecule has 1 amide bonds. The smallest absolute Gasteiger partial charge is 0.343 e. The molecule has 12 heteroatoms. The molecule has 12 nitrogen and oxygen atoms in total. The molecule has 0 bridgehead atoms. The van der Waals surface area contributed by atoms with Crippen LogP contribution in [0.4, 0.5) is 11.6 Å². The molecule has 0 spiro atoms. The van der Waals surface area contributed by atoms with Crippen LogP contribution in [0.5, 0.6) is 0 Å². The maximum atomic E-state index is 12.8. The van der Waals surface area contributed by atoms with Crippen molar-refractivity contribution >= 4 is 23.5 Å². The zero-order valence-electron chi connectivity index (χ0n) is 17.3. The maximum absolute atomic E-state index is 12.8. The van der Waals surface area contributed by atoms with Gasteiger partial charge in [-0.25, -0.2) is 14.5 Å². The molecule has 0 aromatic carbocycles. The van der Waals surface area contributed by atoms with Gasteiger partial charge in [-0.2, -0.15) is 10.2 Å². The van der Waals surface area contributed by atoms with Gasteiger partial charge in [0.2, 0.25) is 5.91 Å². The first kappa shape index (κ1) is 20.4. The second kappa shape index (κ2) is 8.90. The van der Waals surface area contributed by atoms with E-state index in [0.717, 1.165) is 5.82 Å². The maximum Gasteiger partial charge on any atom is 0.343 e. The molecule has 4 heterocycles. The number of nitrogens with zero attached hydrogens (tertiary/aromatic N) is 8. The Morgan fingerprint density at radius 2 is 1.90 bits per heavy atom. The number of esters is 1. The van der Waals surface area contributed by atoms with E-state index >= 15 is 0 Å². The van der Waals surface area contributed by atoms with Crippen molar-refractivity contribution in [2.24, 2.45) is 13.0 Å². The summed E-state index contributed by atoms with van der Waals surface area (Å²) in [6, 6.07) is 3.71.